The third-order valence-corrected chi connectivity index (χ3v) is 10.8. The van der Waals surface area contributed by atoms with E-state index in [-0.39, 0.29) is 36.1 Å². The number of alkyl carbamates (subject to hydrolysis) is 1. The number of carbonyl (C=O) groups is 4. The molecule has 3 aromatic carbocycles. The minimum Gasteiger partial charge on any atom is -0.448 e. The van der Waals surface area contributed by atoms with Crippen LogP contribution in [0, 0.1) is 0 Å². The molecule has 2 fully saturated rings. The minimum absolute atomic E-state index is 0.0373. The standard InChI is InChI=1S/C37H40N4O7S/c1-2-40-20-12-19-29(40)22-38-37(45)47-23-28-24-49(46)35-31(39-30(42)21-25-13-6-3-7-14-25)34(43)41(35)32(28)36(44)48-33(26-15-8-4-9-16-26)27-17-10-5-11-18-27/h3-11,13-18,29,31,33,35H,2,12,19-24H2,1H3,(H,38,45)(H,39,42)/t29?,31?,35-,49?/m1/s1. The zero-order valence-electron chi connectivity index (χ0n) is 27.3. The lowest BCUT2D eigenvalue weighted by atomic mass is 10.0. The van der Waals surface area contributed by atoms with E-state index in [9.17, 15) is 23.4 Å². The van der Waals surface area contributed by atoms with Crippen molar-refractivity contribution in [3.05, 3.63) is 119 Å². The summed E-state index contributed by atoms with van der Waals surface area (Å²) >= 11 is 0. The molecule has 0 radical (unpaired) electrons. The zero-order valence-corrected chi connectivity index (χ0v) is 28.1. The summed E-state index contributed by atoms with van der Waals surface area (Å²) in [6, 6.07) is 26.6. The number of likely N-dealkylation sites (N-methyl/N-ethyl adjacent to an activating group) is 1. The fourth-order valence-corrected chi connectivity index (χ4v) is 8.32. The number of fused-ring (bicyclic) bond motifs is 1. The number of nitrogens with one attached hydrogen (secondary N) is 2. The van der Waals surface area contributed by atoms with Crippen LogP contribution in [-0.2, 0) is 41.1 Å². The summed E-state index contributed by atoms with van der Waals surface area (Å²) in [6.45, 7) is 3.99. The van der Waals surface area contributed by atoms with E-state index in [1.165, 1.54) is 0 Å². The smallest absolute Gasteiger partial charge is 0.407 e. The van der Waals surface area contributed by atoms with Crippen LogP contribution < -0.4 is 10.6 Å². The van der Waals surface area contributed by atoms with E-state index in [2.05, 4.69) is 22.5 Å². The molecule has 0 aliphatic carbocycles. The second-order valence-corrected chi connectivity index (χ2v) is 13.8. The fourth-order valence-electron chi connectivity index (χ4n) is 6.65. The van der Waals surface area contributed by atoms with Crippen molar-refractivity contribution in [2.24, 2.45) is 0 Å². The summed E-state index contributed by atoms with van der Waals surface area (Å²) < 4.78 is 25.3. The summed E-state index contributed by atoms with van der Waals surface area (Å²) in [4.78, 5) is 57.0. The lowest BCUT2D eigenvalue weighted by molar-refractivity contribution is -0.155. The molecule has 3 unspecified atom stereocenters. The number of esters is 1. The molecule has 256 valence electrons. The van der Waals surface area contributed by atoms with Crippen LogP contribution in [0.25, 0.3) is 0 Å². The maximum Gasteiger partial charge on any atom is 0.407 e. The van der Waals surface area contributed by atoms with Gasteiger partial charge in [-0.25, -0.2) is 9.59 Å². The lowest BCUT2D eigenvalue weighted by Gasteiger charge is -2.49. The number of likely N-dealkylation sites (tertiary alicyclic amines) is 1. The normalized spacial score (nSPS) is 21.9. The first-order valence-corrected chi connectivity index (χ1v) is 17.9. The number of carbonyl (C=O) groups excluding carboxylic acids is 4. The third-order valence-electron chi connectivity index (χ3n) is 9.12. The molecule has 0 aromatic heterocycles. The Morgan fingerprint density at radius 1 is 0.939 bits per heavy atom. The first kappa shape index (κ1) is 34.1. The number of rotatable bonds is 12. The lowest BCUT2D eigenvalue weighted by Crippen LogP contribution is -2.73. The van der Waals surface area contributed by atoms with Gasteiger partial charge in [0.2, 0.25) is 5.91 Å². The Morgan fingerprint density at radius 2 is 1.57 bits per heavy atom. The van der Waals surface area contributed by atoms with Gasteiger partial charge < -0.3 is 20.1 Å². The average molecular weight is 685 g/mol. The van der Waals surface area contributed by atoms with Crippen molar-refractivity contribution in [1.82, 2.24) is 20.4 Å². The Hall–Kier alpha value is -4.81. The van der Waals surface area contributed by atoms with Crippen molar-refractivity contribution in [2.75, 3.05) is 32.0 Å². The minimum atomic E-state index is -1.71. The molecule has 3 aliphatic rings. The van der Waals surface area contributed by atoms with E-state index in [1.807, 2.05) is 78.9 Å². The number of β-lactam (4-membered cyclic amide) rings is 1. The van der Waals surface area contributed by atoms with Gasteiger partial charge in [0.05, 0.1) is 23.0 Å². The van der Waals surface area contributed by atoms with Gasteiger partial charge in [-0.2, -0.15) is 0 Å². The van der Waals surface area contributed by atoms with Gasteiger partial charge in [-0.15, -0.1) is 0 Å². The Kier molecular flexibility index (Phi) is 10.8. The number of amides is 3. The van der Waals surface area contributed by atoms with Crippen LogP contribution in [0.3, 0.4) is 0 Å². The second-order valence-electron chi connectivity index (χ2n) is 12.3. The number of ether oxygens (including phenoxy) is 2. The molecule has 0 spiro atoms. The average Bonchev–Trinajstić information content (AvgIpc) is 3.59. The van der Waals surface area contributed by atoms with Crippen LogP contribution in [0.15, 0.2) is 102 Å². The fraction of sp³-hybridized carbons (Fsp3) is 0.351. The van der Waals surface area contributed by atoms with Crippen LogP contribution in [0.1, 0.15) is 42.6 Å². The molecule has 3 heterocycles. The summed E-state index contributed by atoms with van der Waals surface area (Å²) in [5.74, 6) is -1.97. The molecule has 3 amide bonds. The highest BCUT2D eigenvalue weighted by Crippen LogP contribution is 2.37. The second kappa shape index (κ2) is 15.6. The molecule has 3 aromatic rings. The molecule has 0 saturated carbocycles. The van der Waals surface area contributed by atoms with E-state index in [4.69, 9.17) is 9.47 Å². The van der Waals surface area contributed by atoms with Gasteiger partial charge in [0.25, 0.3) is 5.91 Å². The highest BCUT2D eigenvalue weighted by atomic mass is 32.2. The zero-order chi connectivity index (χ0) is 34.3. The van der Waals surface area contributed by atoms with Crippen molar-refractivity contribution in [3.63, 3.8) is 0 Å². The Bertz CT molecular complexity index is 1680. The number of hydrogen-bond donors (Lipinski definition) is 2. The first-order chi connectivity index (χ1) is 23.8. The summed E-state index contributed by atoms with van der Waals surface area (Å²) in [5.41, 5.74) is 2.27. The topological polar surface area (TPSA) is 134 Å². The molecule has 6 rings (SSSR count). The van der Waals surface area contributed by atoms with Crippen LogP contribution in [0.5, 0.6) is 0 Å². The molecule has 4 atom stereocenters. The van der Waals surface area contributed by atoms with Crippen LogP contribution in [0.4, 0.5) is 4.79 Å². The van der Waals surface area contributed by atoms with E-state index < -0.39 is 52.2 Å². The van der Waals surface area contributed by atoms with Gasteiger partial charge in [0.1, 0.15) is 23.7 Å². The van der Waals surface area contributed by atoms with Gasteiger partial charge in [-0.05, 0) is 42.6 Å². The quantitative estimate of drug-likeness (QED) is 0.219. The number of hydrogen-bond acceptors (Lipinski definition) is 8. The molecule has 12 heteroatoms. The van der Waals surface area contributed by atoms with Crippen LogP contribution >= 0.6 is 0 Å². The number of benzene rings is 3. The van der Waals surface area contributed by atoms with Crippen molar-refractivity contribution in [2.45, 2.75) is 49.7 Å². The predicted octanol–water partition coefficient (Wildman–Crippen LogP) is 3.44. The molecular weight excluding hydrogens is 644 g/mol. The SMILES string of the molecule is CCN1CCCC1CNC(=O)OCC1=C(C(=O)OC(c2ccccc2)c2ccccc2)N2C(=O)C(NC(=O)Cc3ccccc3)[C@H]2S(=O)C1. The maximum atomic E-state index is 14.2. The summed E-state index contributed by atoms with van der Waals surface area (Å²) in [7, 11) is -1.71. The summed E-state index contributed by atoms with van der Waals surface area (Å²) in [6.07, 6.45) is 0.577. The van der Waals surface area contributed by atoms with Gasteiger partial charge in [-0.3, -0.25) is 23.6 Å². The molecule has 2 N–H and O–H groups in total. The highest BCUT2D eigenvalue weighted by Gasteiger charge is 2.57. The molecule has 3 aliphatic heterocycles. The van der Waals surface area contributed by atoms with Gasteiger partial charge in [0, 0.05) is 18.2 Å². The van der Waals surface area contributed by atoms with Crippen molar-refractivity contribution >= 4 is 34.7 Å². The summed E-state index contributed by atoms with van der Waals surface area (Å²) in [5, 5.41) is 4.54. The molecule has 49 heavy (non-hydrogen) atoms. The van der Waals surface area contributed by atoms with E-state index in [0.717, 1.165) is 36.4 Å². The van der Waals surface area contributed by atoms with Gasteiger partial charge >= 0.3 is 12.1 Å². The molecule has 2 saturated heterocycles. The first-order valence-electron chi connectivity index (χ1n) is 16.5. The number of nitrogens with zero attached hydrogens (tertiary/aromatic N) is 2. The van der Waals surface area contributed by atoms with Crippen LogP contribution in [0.2, 0.25) is 0 Å². The van der Waals surface area contributed by atoms with E-state index in [1.54, 1.807) is 12.1 Å². The van der Waals surface area contributed by atoms with Crippen molar-refractivity contribution in [1.29, 1.82) is 0 Å². The molecule has 0 bridgehead atoms. The third kappa shape index (κ3) is 7.76. The van der Waals surface area contributed by atoms with Crippen LogP contribution in [-0.4, -0.2) is 87.3 Å². The van der Waals surface area contributed by atoms with Crippen molar-refractivity contribution < 1.29 is 32.9 Å². The van der Waals surface area contributed by atoms with Gasteiger partial charge in [0.15, 0.2) is 6.10 Å². The monoisotopic (exact) mass is 684 g/mol. The molecule has 11 nitrogen and oxygen atoms in total. The van der Waals surface area contributed by atoms with E-state index in [0.29, 0.717) is 17.7 Å². The Balaban J connectivity index is 1.23. The van der Waals surface area contributed by atoms with Crippen molar-refractivity contribution in [3.8, 4) is 0 Å². The Labute approximate surface area is 288 Å². The van der Waals surface area contributed by atoms with Gasteiger partial charge in [-0.1, -0.05) is 97.9 Å². The van der Waals surface area contributed by atoms with E-state index >= 15 is 0 Å². The Morgan fingerprint density at radius 3 is 2.20 bits per heavy atom. The highest BCUT2D eigenvalue weighted by molar-refractivity contribution is 7.86. The molecular formula is C37H40N4O7S. The largest absolute Gasteiger partial charge is 0.448 e. The predicted molar refractivity (Wildman–Crippen MR) is 183 cm³/mol. The maximum absolute atomic E-state index is 14.2.